The van der Waals surface area contributed by atoms with Crippen LogP contribution in [0.2, 0.25) is 46.3 Å². The van der Waals surface area contributed by atoms with Gasteiger partial charge in [-0.2, -0.15) is 5.26 Å². The van der Waals surface area contributed by atoms with Gasteiger partial charge in [-0.15, -0.1) is 5.10 Å². The van der Waals surface area contributed by atoms with Crippen LogP contribution in [0.1, 0.15) is 63.3 Å². The first-order valence-electron chi connectivity index (χ1n) is 14.4. The van der Waals surface area contributed by atoms with Crippen molar-refractivity contribution in [1.82, 2.24) is 5.01 Å². The van der Waals surface area contributed by atoms with Crippen molar-refractivity contribution in [3.8, 4) is 6.07 Å². The van der Waals surface area contributed by atoms with Crippen LogP contribution in [-0.2, 0) is 11.2 Å². The SMILES string of the molecule is Cc1c(N[C@H]([C@H](C)CC(C)(C)[Si](C)(C)O)N2COC(c3ccc(CC(C)(C)[Si](C)(C)O)c(Cl)c3)=N2)ccc(C#N)c1Cl. The average molecular weight is 650 g/mol. The van der Waals surface area contributed by atoms with Gasteiger partial charge in [-0.1, -0.05) is 63.9 Å². The molecular formula is C31H46Cl2N4O3Si2. The molecule has 42 heavy (non-hydrogen) atoms. The Morgan fingerprint density at radius 2 is 1.69 bits per heavy atom. The number of ether oxygens (including phenoxy) is 1. The molecule has 0 amide bonds. The summed E-state index contributed by atoms with van der Waals surface area (Å²) in [5, 5.41) is 20.3. The van der Waals surface area contributed by atoms with E-state index in [0.717, 1.165) is 28.8 Å². The molecule has 7 nitrogen and oxygen atoms in total. The summed E-state index contributed by atoms with van der Waals surface area (Å²) in [5.41, 5.74) is 3.78. The first-order valence-corrected chi connectivity index (χ1v) is 21.0. The van der Waals surface area contributed by atoms with Gasteiger partial charge in [0.15, 0.2) is 23.4 Å². The van der Waals surface area contributed by atoms with Crippen LogP contribution in [0, 0.1) is 24.2 Å². The molecule has 0 saturated heterocycles. The van der Waals surface area contributed by atoms with Crippen LogP contribution in [0.25, 0.3) is 0 Å². The van der Waals surface area contributed by atoms with Crippen molar-refractivity contribution in [2.45, 2.75) is 96.8 Å². The maximum atomic E-state index is 11.0. The normalized spacial score (nSPS) is 16.0. The summed E-state index contributed by atoms with van der Waals surface area (Å²) < 4.78 is 6.09. The second-order valence-corrected chi connectivity index (χ2v) is 23.7. The minimum Gasteiger partial charge on any atom is -0.453 e. The van der Waals surface area contributed by atoms with E-state index in [-0.39, 0.29) is 28.9 Å². The molecule has 0 spiro atoms. The Hall–Kier alpha value is -2.07. The van der Waals surface area contributed by atoms with Gasteiger partial charge in [0.2, 0.25) is 5.90 Å². The highest BCUT2D eigenvalue weighted by atomic mass is 35.5. The Kier molecular flexibility index (Phi) is 10.2. The number of rotatable bonds is 11. The van der Waals surface area contributed by atoms with Crippen molar-refractivity contribution < 1.29 is 14.3 Å². The standard InChI is InChI=1S/C31H46Cl2N4O3Si2/c1-20(16-30(3,4)41(7,8)38)28(35-26-14-13-24(18-34)27(33)21(26)2)37-19-40-29(36-37)22-11-12-23(25(32)15-22)17-31(5,6)42(9,10)39/h11-15,20,28,35,38-39H,16-17,19H2,1-10H3/t20-,28+/m1/s1. The predicted molar refractivity (Wildman–Crippen MR) is 179 cm³/mol. The molecule has 1 heterocycles. The van der Waals surface area contributed by atoms with Crippen LogP contribution < -0.4 is 5.32 Å². The fourth-order valence-electron chi connectivity index (χ4n) is 4.87. The van der Waals surface area contributed by atoms with Crippen LogP contribution in [0.4, 0.5) is 5.69 Å². The number of nitrogens with zero attached hydrogens (tertiary/aromatic N) is 3. The van der Waals surface area contributed by atoms with Gasteiger partial charge < -0.3 is 19.6 Å². The van der Waals surface area contributed by atoms with Crippen molar-refractivity contribution in [2.24, 2.45) is 11.0 Å². The van der Waals surface area contributed by atoms with E-state index in [9.17, 15) is 14.9 Å². The molecule has 0 aliphatic carbocycles. The minimum atomic E-state index is -2.46. The highest BCUT2D eigenvalue weighted by Crippen LogP contribution is 2.44. The number of benzene rings is 2. The third-order valence-electron chi connectivity index (χ3n) is 9.30. The molecule has 11 heteroatoms. The van der Waals surface area contributed by atoms with E-state index < -0.39 is 16.6 Å². The lowest BCUT2D eigenvalue weighted by Gasteiger charge is -2.40. The first-order chi connectivity index (χ1) is 19.2. The minimum absolute atomic E-state index is 0.0543. The molecule has 1 aliphatic rings. The number of hydrogen-bond donors (Lipinski definition) is 3. The van der Waals surface area contributed by atoms with Crippen molar-refractivity contribution in [3.05, 3.63) is 62.6 Å². The predicted octanol–water partition coefficient (Wildman–Crippen LogP) is 8.09. The zero-order valence-electron chi connectivity index (χ0n) is 26.6. The third kappa shape index (κ3) is 7.52. The molecule has 0 aromatic heterocycles. The second kappa shape index (κ2) is 12.5. The van der Waals surface area contributed by atoms with Gasteiger partial charge in [0.1, 0.15) is 12.2 Å². The molecular weight excluding hydrogens is 603 g/mol. The molecule has 2 aromatic carbocycles. The van der Waals surface area contributed by atoms with Crippen molar-refractivity contribution in [1.29, 1.82) is 5.26 Å². The summed E-state index contributed by atoms with van der Waals surface area (Å²) >= 11 is 13.2. The number of hydrogen-bond acceptors (Lipinski definition) is 7. The number of nitriles is 1. The van der Waals surface area contributed by atoms with Gasteiger partial charge >= 0.3 is 0 Å². The van der Waals surface area contributed by atoms with Gasteiger partial charge in [0.05, 0.1) is 10.6 Å². The molecule has 0 radical (unpaired) electrons. The molecule has 0 bridgehead atoms. The molecule has 230 valence electrons. The van der Waals surface area contributed by atoms with Crippen LogP contribution in [-0.4, -0.2) is 50.0 Å². The van der Waals surface area contributed by atoms with Crippen molar-refractivity contribution in [3.63, 3.8) is 0 Å². The van der Waals surface area contributed by atoms with E-state index in [1.165, 1.54) is 0 Å². The molecule has 3 N–H and O–H groups in total. The fraction of sp³-hybridized carbons (Fsp3) is 0.548. The van der Waals surface area contributed by atoms with E-state index in [1.54, 1.807) is 6.07 Å². The van der Waals surface area contributed by atoms with E-state index >= 15 is 0 Å². The largest absolute Gasteiger partial charge is 0.453 e. The molecule has 2 atom stereocenters. The van der Waals surface area contributed by atoms with Crippen molar-refractivity contribution >= 4 is 51.4 Å². The first kappa shape index (κ1) is 34.4. The van der Waals surface area contributed by atoms with E-state index in [0.29, 0.717) is 27.9 Å². The van der Waals surface area contributed by atoms with Gasteiger partial charge in [-0.25, -0.2) is 5.01 Å². The highest BCUT2D eigenvalue weighted by Gasteiger charge is 2.42. The maximum absolute atomic E-state index is 11.0. The maximum Gasteiger partial charge on any atom is 0.240 e. The quantitative estimate of drug-likeness (QED) is 0.213. The van der Waals surface area contributed by atoms with Crippen LogP contribution in [0.3, 0.4) is 0 Å². The number of hydrazone groups is 1. The summed E-state index contributed by atoms with van der Waals surface area (Å²) in [4.78, 5) is 21.7. The lowest BCUT2D eigenvalue weighted by molar-refractivity contribution is 0.0997. The van der Waals surface area contributed by atoms with Gasteiger partial charge in [0, 0.05) is 16.3 Å². The van der Waals surface area contributed by atoms with Gasteiger partial charge in [-0.05, 0) is 97.3 Å². The van der Waals surface area contributed by atoms with E-state index in [1.807, 2.05) is 62.4 Å². The van der Waals surface area contributed by atoms with E-state index in [4.69, 9.17) is 33.0 Å². The van der Waals surface area contributed by atoms with Crippen LogP contribution >= 0.6 is 23.2 Å². The molecule has 1 aliphatic heterocycles. The molecule has 0 unspecified atom stereocenters. The van der Waals surface area contributed by atoms with Crippen LogP contribution in [0.15, 0.2) is 35.4 Å². The Labute approximate surface area is 263 Å². The summed E-state index contributed by atoms with van der Waals surface area (Å²) in [6.07, 6.45) is 1.15. The smallest absolute Gasteiger partial charge is 0.240 e. The number of halogens is 2. The third-order valence-corrected chi connectivity index (χ3v) is 17.1. The molecule has 3 rings (SSSR count). The molecule has 0 fully saturated rings. The summed E-state index contributed by atoms with van der Waals surface area (Å²) in [6, 6.07) is 11.6. The van der Waals surface area contributed by atoms with Gasteiger partial charge in [0.25, 0.3) is 0 Å². The Morgan fingerprint density at radius 3 is 2.24 bits per heavy atom. The topological polar surface area (TPSA) is 101 Å². The second-order valence-electron chi connectivity index (χ2n) is 14.0. The summed E-state index contributed by atoms with van der Waals surface area (Å²) in [5.74, 6) is 0.530. The van der Waals surface area contributed by atoms with Crippen LogP contribution in [0.5, 0.6) is 0 Å². The fourth-order valence-corrected chi connectivity index (χ4v) is 6.76. The monoisotopic (exact) mass is 648 g/mol. The van der Waals surface area contributed by atoms with Gasteiger partial charge in [-0.3, -0.25) is 0 Å². The zero-order valence-corrected chi connectivity index (χ0v) is 30.1. The highest BCUT2D eigenvalue weighted by molar-refractivity contribution is 6.73. The Balaban J connectivity index is 1.94. The average Bonchev–Trinajstić information content (AvgIpc) is 3.34. The molecule has 0 saturated carbocycles. The summed E-state index contributed by atoms with van der Waals surface area (Å²) in [6.45, 7) is 20.5. The Bertz CT molecular complexity index is 1380. The lowest BCUT2D eigenvalue weighted by atomic mass is 9.94. The molecule has 2 aromatic rings. The summed E-state index contributed by atoms with van der Waals surface area (Å²) in [7, 11) is -4.86. The van der Waals surface area contributed by atoms with E-state index in [2.05, 4.69) is 46.0 Å². The Morgan fingerprint density at radius 1 is 1.07 bits per heavy atom. The number of nitrogens with one attached hydrogen (secondary N) is 1. The van der Waals surface area contributed by atoms with Crippen molar-refractivity contribution in [2.75, 3.05) is 12.0 Å². The number of anilines is 1. The zero-order chi connectivity index (χ0) is 31.8. The lowest BCUT2D eigenvalue weighted by Crippen LogP contribution is -2.46.